The summed E-state index contributed by atoms with van der Waals surface area (Å²) in [4.78, 5) is 44.9. The summed E-state index contributed by atoms with van der Waals surface area (Å²) in [6.07, 6.45) is 4.27. The molecule has 1 aromatic carbocycles. The van der Waals surface area contributed by atoms with Crippen LogP contribution in [-0.4, -0.2) is 75.7 Å². The molecule has 3 saturated heterocycles. The molecule has 8 nitrogen and oxygen atoms in total. The van der Waals surface area contributed by atoms with Crippen molar-refractivity contribution in [2.75, 3.05) is 19.8 Å². The minimum atomic E-state index is -1.19. The Morgan fingerprint density at radius 1 is 1.30 bits per heavy atom. The molecule has 0 aromatic heterocycles. The van der Waals surface area contributed by atoms with Gasteiger partial charge in [0.05, 0.1) is 30.8 Å². The lowest BCUT2D eigenvalue weighted by molar-refractivity contribution is -0.163. The Morgan fingerprint density at radius 3 is 2.62 bits per heavy atom. The molecule has 3 fully saturated rings. The molecular weight excluding hydrogens is 472 g/mol. The van der Waals surface area contributed by atoms with Crippen LogP contribution in [0.3, 0.4) is 0 Å². The summed E-state index contributed by atoms with van der Waals surface area (Å²) in [6, 6.07) is 7.99. The summed E-state index contributed by atoms with van der Waals surface area (Å²) in [5, 5.41) is 10.1. The number of hydrogen-bond acceptors (Lipinski definition) is 6. The van der Waals surface area contributed by atoms with Crippen LogP contribution in [0.1, 0.15) is 39.2 Å². The minimum absolute atomic E-state index is 0.0878. The van der Waals surface area contributed by atoms with Crippen molar-refractivity contribution < 1.29 is 29.0 Å². The number of carbonyl (C=O) groups is 3. The first-order valence-electron chi connectivity index (χ1n) is 13.0. The lowest BCUT2D eigenvalue weighted by Crippen LogP contribution is -2.58. The number of nitrogens with zero attached hydrogens (tertiary/aromatic N) is 2. The topological polar surface area (TPSA) is 96.4 Å². The third-order valence-corrected chi connectivity index (χ3v) is 8.42. The molecule has 3 aliphatic heterocycles. The highest BCUT2D eigenvalue weighted by Crippen LogP contribution is 2.65. The highest BCUT2D eigenvalue weighted by atomic mass is 16.6. The molecule has 4 rings (SSSR count). The van der Waals surface area contributed by atoms with E-state index in [4.69, 9.17) is 9.47 Å². The van der Waals surface area contributed by atoms with E-state index >= 15 is 0 Å². The number of amides is 2. The number of benzene rings is 1. The zero-order chi connectivity index (χ0) is 27.0. The highest BCUT2D eigenvalue weighted by Gasteiger charge is 2.80. The molecule has 1 aromatic rings. The fourth-order valence-electron chi connectivity index (χ4n) is 6.57. The molecule has 2 amide bonds. The van der Waals surface area contributed by atoms with Gasteiger partial charge in [0, 0.05) is 13.1 Å². The Kier molecular flexibility index (Phi) is 7.62. The third-order valence-electron chi connectivity index (χ3n) is 8.42. The van der Waals surface area contributed by atoms with Gasteiger partial charge in [-0.15, -0.1) is 13.2 Å². The maximum Gasteiger partial charge on any atom is 0.312 e. The van der Waals surface area contributed by atoms with Crippen LogP contribution in [0.4, 0.5) is 0 Å². The SMILES string of the molecule is C=CCCOC(=O)[C@@H]1[C@H]2C(=O)N([C@H](C)CO)C(C(=O)N(CC=C)Cc3ccccc3)C23CC(C)[C@@]1(C)O3. The summed E-state index contributed by atoms with van der Waals surface area (Å²) in [5.41, 5.74) is -1.19. The van der Waals surface area contributed by atoms with Gasteiger partial charge in [-0.05, 0) is 38.2 Å². The van der Waals surface area contributed by atoms with Gasteiger partial charge in [0.25, 0.3) is 0 Å². The van der Waals surface area contributed by atoms with E-state index in [1.165, 1.54) is 4.90 Å². The van der Waals surface area contributed by atoms with E-state index in [9.17, 15) is 19.5 Å². The Hall–Kier alpha value is -2.97. The molecule has 0 radical (unpaired) electrons. The molecule has 2 bridgehead atoms. The second kappa shape index (κ2) is 10.4. The number of aliphatic hydroxyl groups excluding tert-OH is 1. The zero-order valence-corrected chi connectivity index (χ0v) is 22.0. The maximum absolute atomic E-state index is 14.3. The monoisotopic (exact) mass is 510 g/mol. The molecule has 37 heavy (non-hydrogen) atoms. The van der Waals surface area contributed by atoms with Gasteiger partial charge in [0.1, 0.15) is 17.6 Å². The number of carbonyl (C=O) groups excluding carboxylic acids is 3. The molecule has 3 heterocycles. The van der Waals surface area contributed by atoms with E-state index < -0.39 is 41.1 Å². The van der Waals surface area contributed by atoms with Crippen LogP contribution in [0, 0.1) is 17.8 Å². The number of likely N-dealkylation sites (tertiary alicyclic amines) is 1. The quantitative estimate of drug-likeness (QED) is 0.279. The van der Waals surface area contributed by atoms with Gasteiger partial charge in [0.15, 0.2) is 0 Å². The smallest absolute Gasteiger partial charge is 0.312 e. The van der Waals surface area contributed by atoms with Crippen LogP contribution in [0.15, 0.2) is 55.6 Å². The average Bonchev–Trinajstić information content (AvgIpc) is 3.40. The predicted octanol–water partition coefficient (Wildman–Crippen LogP) is 2.71. The van der Waals surface area contributed by atoms with Crippen LogP contribution in [0.2, 0.25) is 0 Å². The molecule has 0 saturated carbocycles. The third kappa shape index (κ3) is 4.30. The van der Waals surface area contributed by atoms with Gasteiger partial charge in [-0.25, -0.2) is 0 Å². The largest absolute Gasteiger partial charge is 0.465 e. The molecule has 1 spiro atoms. The predicted molar refractivity (Wildman–Crippen MR) is 138 cm³/mol. The lowest BCUT2D eigenvalue weighted by atomic mass is 9.62. The zero-order valence-electron chi connectivity index (χ0n) is 22.0. The van der Waals surface area contributed by atoms with Crippen molar-refractivity contribution in [3.05, 3.63) is 61.2 Å². The number of esters is 1. The average molecular weight is 511 g/mol. The standard InChI is InChI=1S/C29H38N2O6/c1-6-8-15-36-27(35)23-22-25(33)31(20(4)18-32)24(29(22)16-19(3)28(23,5)37-29)26(34)30(14-7-2)17-21-12-10-9-11-13-21/h6-7,9-13,19-20,22-24,32H,1-2,8,14-18H2,3-5H3/t19?,20-,22+,23+,24?,28-,29?/m1/s1. The number of rotatable bonds is 11. The number of aliphatic hydroxyl groups is 1. The molecule has 7 atom stereocenters. The maximum atomic E-state index is 14.3. The van der Waals surface area contributed by atoms with E-state index in [1.807, 2.05) is 44.2 Å². The van der Waals surface area contributed by atoms with Gasteiger partial charge in [-0.3, -0.25) is 14.4 Å². The Bertz CT molecular complexity index is 1060. The Labute approximate surface area is 218 Å². The van der Waals surface area contributed by atoms with Crippen molar-refractivity contribution >= 4 is 17.8 Å². The highest BCUT2D eigenvalue weighted by molar-refractivity contribution is 5.98. The molecule has 0 aliphatic carbocycles. The van der Waals surface area contributed by atoms with E-state index in [0.717, 1.165) is 5.56 Å². The summed E-state index contributed by atoms with van der Waals surface area (Å²) in [7, 11) is 0. The van der Waals surface area contributed by atoms with Gasteiger partial charge in [-0.1, -0.05) is 49.4 Å². The first-order chi connectivity index (χ1) is 17.7. The molecular formula is C29H38N2O6. The second-order valence-corrected chi connectivity index (χ2v) is 10.7. The summed E-state index contributed by atoms with van der Waals surface area (Å²) >= 11 is 0. The van der Waals surface area contributed by atoms with Crippen LogP contribution >= 0.6 is 0 Å². The van der Waals surface area contributed by atoms with Crippen LogP contribution in [0.25, 0.3) is 0 Å². The van der Waals surface area contributed by atoms with Crippen molar-refractivity contribution in [1.29, 1.82) is 0 Å². The fourth-order valence-corrected chi connectivity index (χ4v) is 6.57. The first kappa shape index (κ1) is 27.1. The summed E-state index contributed by atoms with van der Waals surface area (Å²) in [6.45, 7) is 13.5. The normalized spacial score (nSPS) is 32.6. The van der Waals surface area contributed by atoms with E-state index in [0.29, 0.717) is 19.4 Å². The molecule has 200 valence electrons. The summed E-state index contributed by atoms with van der Waals surface area (Å²) < 4.78 is 12.2. The Morgan fingerprint density at radius 2 is 2.00 bits per heavy atom. The van der Waals surface area contributed by atoms with Crippen molar-refractivity contribution in [1.82, 2.24) is 9.80 Å². The van der Waals surface area contributed by atoms with E-state index in [1.54, 1.807) is 24.0 Å². The van der Waals surface area contributed by atoms with Crippen molar-refractivity contribution in [2.45, 2.75) is 63.4 Å². The van der Waals surface area contributed by atoms with Gasteiger partial charge >= 0.3 is 5.97 Å². The van der Waals surface area contributed by atoms with Gasteiger partial charge in [0.2, 0.25) is 11.8 Å². The molecule has 1 N–H and O–H groups in total. The van der Waals surface area contributed by atoms with Crippen molar-refractivity contribution in [3.63, 3.8) is 0 Å². The number of ether oxygens (including phenoxy) is 2. The molecule has 3 unspecified atom stereocenters. The van der Waals surface area contributed by atoms with E-state index in [2.05, 4.69) is 13.2 Å². The van der Waals surface area contributed by atoms with Crippen LogP contribution in [-0.2, 0) is 30.4 Å². The Balaban J connectivity index is 1.76. The van der Waals surface area contributed by atoms with Gasteiger partial charge < -0.3 is 24.4 Å². The number of hydrogen-bond donors (Lipinski definition) is 1. The number of fused-ring (bicyclic) bond motifs is 1. The van der Waals surface area contributed by atoms with E-state index in [-0.39, 0.29) is 37.5 Å². The van der Waals surface area contributed by atoms with Crippen LogP contribution < -0.4 is 0 Å². The van der Waals surface area contributed by atoms with Crippen molar-refractivity contribution in [2.24, 2.45) is 17.8 Å². The van der Waals surface area contributed by atoms with Crippen LogP contribution in [0.5, 0.6) is 0 Å². The second-order valence-electron chi connectivity index (χ2n) is 10.7. The minimum Gasteiger partial charge on any atom is -0.465 e. The van der Waals surface area contributed by atoms with Gasteiger partial charge in [-0.2, -0.15) is 0 Å². The summed E-state index contributed by atoms with van der Waals surface area (Å²) in [5.74, 6) is -2.92. The molecule has 3 aliphatic rings. The molecule has 8 heteroatoms. The van der Waals surface area contributed by atoms with Crippen molar-refractivity contribution in [3.8, 4) is 0 Å². The first-order valence-corrected chi connectivity index (χ1v) is 13.0. The fraction of sp³-hybridized carbons (Fsp3) is 0.552. The lowest BCUT2D eigenvalue weighted by Gasteiger charge is -2.38.